The molecule has 0 bridgehead atoms. The minimum Gasteiger partial charge on any atom is -0.497 e. The number of rotatable bonds is 10. The number of methoxy groups -OCH3 is 1. The van der Waals surface area contributed by atoms with E-state index in [1.807, 2.05) is 36.4 Å². The summed E-state index contributed by atoms with van der Waals surface area (Å²) in [7, 11) is 1.64. The molecular weight excluding hydrogens is 386 g/mol. The van der Waals surface area contributed by atoms with E-state index < -0.39 is 0 Å². The SMILES string of the molecule is CC[NH+](CC)CCOC(=O)c1ccc(NC(=S)NCc2ccc(OC)cc2)cc1. The Hall–Kier alpha value is -2.64. The van der Waals surface area contributed by atoms with E-state index in [2.05, 4.69) is 24.5 Å². The van der Waals surface area contributed by atoms with Crippen molar-refractivity contribution in [1.82, 2.24) is 5.32 Å². The number of esters is 1. The fraction of sp³-hybridized carbons (Fsp3) is 0.364. The molecule has 0 unspecified atom stereocenters. The fourth-order valence-corrected chi connectivity index (χ4v) is 2.96. The van der Waals surface area contributed by atoms with E-state index in [-0.39, 0.29) is 5.97 Å². The number of hydrogen-bond acceptors (Lipinski definition) is 4. The first-order chi connectivity index (χ1) is 14.0. The van der Waals surface area contributed by atoms with Gasteiger partial charge in [-0.25, -0.2) is 4.79 Å². The van der Waals surface area contributed by atoms with Crippen LogP contribution in [0.1, 0.15) is 29.8 Å². The van der Waals surface area contributed by atoms with E-state index in [0.29, 0.717) is 23.8 Å². The van der Waals surface area contributed by atoms with Gasteiger partial charge in [-0.05, 0) is 68.0 Å². The zero-order valence-electron chi connectivity index (χ0n) is 17.3. The first-order valence-electron chi connectivity index (χ1n) is 9.84. The number of nitrogens with one attached hydrogen (secondary N) is 3. The highest BCUT2D eigenvalue weighted by Crippen LogP contribution is 2.12. The Morgan fingerprint density at radius 3 is 2.28 bits per heavy atom. The lowest BCUT2D eigenvalue weighted by Crippen LogP contribution is -3.11. The normalized spacial score (nSPS) is 10.5. The predicted octanol–water partition coefficient (Wildman–Crippen LogP) is 2.26. The molecule has 3 N–H and O–H groups in total. The molecule has 0 spiro atoms. The van der Waals surface area contributed by atoms with Crippen molar-refractivity contribution in [1.29, 1.82) is 0 Å². The molecule has 0 saturated carbocycles. The van der Waals surface area contributed by atoms with E-state index in [9.17, 15) is 4.79 Å². The van der Waals surface area contributed by atoms with Crippen LogP contribution >= 0.6 is 12.2 Å². The first-order valence-corrected chi connectivity index (χ1v) is 10.2. The van der Waals surface area contributed by atoms with Crippen molar-refractivity contribution in [2.75, 3.05) is 38.7 Å². The third kappa shape index (κ3) is 7.71. The molecule has 0 fully saturated rings. The minimum absolute atomic E-state index is 0.302. The Balaban J connectivity index is 1.77. The molecule has 0 aliphatic heterocycles. The van der Waals surface area contributed by atoms with Gasteiger partial charge in [-0.3, -0.25) is 0 Å². The molecule has 0 radical (unpaired) electrons. The number of carbonyl (C=O) groups excluding carboxylic acids is 1. The lowest BCUT2D eigenvalue weighted by atomic mass is 10.2. The third-order valence-electron chi connectivity index (χ3n) is 4.68. The van der Waals surface area contributed by atoms with Gasteiger partial charge in [0.25, 0.3) is 0 Å². The summed E-state index contributed by atoms with van der Waals surface area (Å²) >= 11 is 5.33. The summed E-state index contributed by atoms with van der Waals surface area (Å²) < 4.78 is 10.5. The van der Waals surface area contributed by atoms with Gasteiger partial charge < -0.3 is 25.0 Å². The van der Waals surface area contributed by atoms with Gasteiger partial charge >= 0.3 is 5.97 Å². The van der Waals surface area contributed by atoms with Crippen molar-refractivity contribution in [3.8, 4) is 5.75 Å². The Morgan fingerprint density at radius 2 is 1.69 bits per heavy atom. The number of thiocarbonyl (C=S) groups is 1. The highest BCUT2D eigenvalue weighted by atomic mass is 32.1. The Bertz CT molecular complexity index is 775. The Kier molecular flexibility index (Phi) is 9.40. The van der Waals surface area contributed by atoms with Gasteiger partial charge in [-0.15, -0.1) is 0 Å². The van der Waals surface area contributed by atoms with Gasteiger partial charge in [0, 0.05) is 12.2 Å². The molecule has 6 nitrogen and oxygen atoms in total. The predicted molar refractivity (Wildman–Crippen MR) is 120 cm³/mol. The average molecular weight is 417 g/mol. The quantitative estimate of drug-likeness (QED) is 0.408. The van der Waals surface area contributed by atoms with Crippen molar-refractivity contribution < 1.29 is 19.2 Å². The van der Waals surface area contributed by atoms with Crippen molar-refractivity contribution in [3.63, 3.8) is 0 Å². The second-order valence-corrected chi connectivity index (χ2v) is 6.98. The van der Waals surface area contributed by atoms with Crippen LogP contribution in [0, 0.1) is 0 Å². The maximum Gasteiger partial charge on any atom is 0.338 e. The molecule has 2 aromatic rings. The number of ether oxygens (including phenoxy) is 2. The van der Waals surface area contributed by atoms with Gasteiger partial charge in [0.15, 0.2) is 5.11 Å². The number of benzene rings is 2. The summed E-state index contributed by atoms with van der Waals surface area (Å²) in [5.41, 5.74) is 2.43. The molecule has 0 heterocycles. The Labute approximate surface area is 178 Å². The Morgan fingerprint density at radius 1 is 1.03 bits per heavy atom. The van der Waals surface area contributed by atoms with E-state index in [1.165, 1.54) is 4.90 Å². The standard InChI is InChI=1S/C22H29N3O3S/c1-4-25(5-2)14-15-28-21(26)18-8-10-19(11-9-18)24-22(29)23-16-17-6-12-20(27-3)13-7-17/h6-13H,4-5,14-16H2,1-3H3,(H2,23,24,29)/p+1. The van der Waals surface area contributed by atoms with Gasteiger partial charge in [0.2, 0.25) is 0 Å². The highest BCUT2D eigenvalue weighted by molar-refractivity contribution is 7.80. The summed E-state index contributed by atoms with van der Waals surface area (Å²) in [5, 5.41) is 6.78. The second kappa shape index (κ2) is 12.0. The first kappa shape index (κ1) is 22.6. The third-order valence-corrected chi connectivity index (χ3v) is 4.93. The van der Waals surface area contributed by atoms with Crippen LogP contribution in [0.25, 0.3) is 0 Å². The molecule has 0 aromatic heterocycles. The molecular formula is C22H30N3O3S+. The summed E-state index contributed by atoms with van der Waals surface area (Å²) in [4.78, 5) is 13.6. The van der Waals surface area contributed by atoms with Crippen LogP contribution in [-0.2, 0) is 11.3 Å². The van der Waals surface area contributed by atoms with Crippen LogP contribution in [-0.4, -0.2) is 44.4 Å². The average Bonchev–Trinajstić information content (AvgIpc) is 2.76. The molecule has 2 rings (SSSR count). The number of likely N-dealkylation sites (N-methyl/N-ethyl adjacent to an activating group) is 1. The maximum absolute atomic E-state index is 12.1. The van der Waals surface area contributed by atoms with E-state index in [0.717, 1.165) is 36.6 Å². The number of anilines is 1. The van der Waals surface area contributed by atoms with Crippen LogP contribution in [0.3, 0.4) is 0 Å². The van der Waals surface area contributed by atoms with Gasteiger partial charge in [-0.1, -0.05) is 12.1 Å². The molecule has 29 heavy (non-hydrogen) atoms. The number of carbonyl (C=O) groups is 1. The monoisotopic (exact) mass is 416 g/mol. The van der Waals surface area contributed by atoms with Gasteiger partial charge in [-0.2, -0.15) is 0 Å². The molecule has 7 heteroatoms. The number of quaternary nitrogens is 1. The summed E-state index contributed by atoms with van der Waals surface area (Å²) in [5.74, 6) is 0.519. The maximum atomic E-state index is 12.1. The van der Waals surface area contributed by atoms with Gasteiger partial charge in [0.1, 0.15) is 18.9 Å². The van der Waals surface area contributed by atoms with Crippen LogP contribution in [0.5, 0.6) is 5.75 Å². The van der Waals surface area contributed by atoms with Crippen LogP contribution in [0.4, 0.5) is 5.69 Å². The lowest BCUT2D eigenvalue weighted by molar-refractivity contribution is -0.896. The molecule has 0 aliphatic rings. The fourth-order valence-electron chi connectivity index (χ4n) is 2.77. The van der Waals surface area contributed by atoms with E-state index in [4.69, 9.17) is 21.7 Å². The van der Waals surface area contributed by atoms with Crippen molar-refractivity contribution in [2.24, 2.45) is 0 Å². The molecule has 156 valence electrons. The van der Waals surface area contributed by atoms with Crippen LogP contribution in [0.15, 0.2) is 48.5 Å². The zero-order chi connectivity index (χ0) is 21.1. The smallest absolute Gasteiger partial charge is 0.338 e. The van der Waals surface area contributed by atoms with E-state index in [1.54, 1.807) is 19.2 Å². The van der Waals surface area contributed by atoms with Crippen molar-refractivity contribution in [2.45, 2.75) is 20.4 Å². The highest BCUT2D eigenvalue weighted by Gasteiger charge is 2.09. The van der Waals surface area contributed by atoms with Crippen molar-refractivity contribution >= 4 is 29.0 Å². The van der Waals surface area contributed by atoms with Crippen LogP contribution in [0.2, 0.25) is 0 Å². The summed E-state index contributed by atoms with van der Waals surface area (Å²) in [6.45, 7) is 8.17. The molecule has 0 amide bonds. The van der Waals surface area contributed by atoms with Crippen LogP contribution < -0.4 is 20.3 Å². The molecule has 0 aliphatic carbocycles. The van der Waals surface area contributed by atoms with Gasteiger partial charge in [0.05, 0.1) is 25.8 Å². The van der Waals surface area contributed by atoms with E-state index >= 15 is 0 Å². The molecule has 0 saturated heterocycles. The van der Waals surface area contributed by atoms with Crippen molar-refractivity contribution in [3.05, 3.63) is 59.7 Å². The zero-order valence-corrected chi connectivity index (χ0v) is 18.1. The lowest BCUT2D eigenvalue weighted by Gasteiger charge is -2.15. The topological polar surface area (TPSA) is 64.0 Å². The second-order valence-electron chi connectivity index (χ2n) is 6.58. The molecule has 2 aromatic carbocycles. The summed E-state index contributed by atoms with van der Waals surface area (Å²) in [6.07, 6.45) is 0. The minimum atomic E-state index is -0.302. The number of hydrogen-bond donors (Lipinski definition) is 3. The summed E-state index contributed by atoms with van der Waals surface area (Å²) in [6, 6.07) is 14.9. The molecule has 0 atom stereocenters. The largest absolute Gasteiger partial charge is 0.497 e.